The molecule has 2 rings (SSSR count). The lowest BCUT2D eigenvalue weighted by Gasteiger charge is -2.34. The van der Waals surface area contributed by atoms with Crippen LogP contribution < -0.4 is 0 Å². The molecule has 0 aromatic carbocycles. The summed E-state index contributed by atoms with van der Waals surface area (Å²) in [6.07, 6.45) is 0.757. The summed E-state index contributed by atoms with van der Waals surface area (Å²) < 4.78 is 25.9. The third kappa shape index (κ3) is 2.97. The van der Waals surface area contributed by atoms with Crippen molar-refractivity contribution in [3.63, 3.8) is 0 Å². The van der Waals surface area contributed by atoms with Gasteiger partial charge in [0.05, 0.1) is 11.2 Å². The minimum Gasteiger partial charge on any atom is -0.478 e. The first-order valence-corrected chi connectivity index (χ1v) is 8.09. The number of rotatable bonds is 3. The van der Waals surface area contributed by atoms with Gasteiger partial charge < -0.3 is 10.2 Å². The van der Waals surface area contributed by atoms with E-state index in [4.69, 9.17) is 5.11 Å². The average molecular weight is 305 g/mol. The number of carbonyl (C=O) groups is 1. The first-order chi connectivity index (χ1) is 8.72. The van der Waals surface area contributed by atoms with Crippen LogP contribution in [0.4, 0.5) is 0 Å². The summed E-state index contributed by atoms with van der Waals surface area (Å²) in [5.74, 6) is -1.14. The average Bonchev–Trinajstić information content (AvgIpc) is 2.78. The lowest BCUT2D eigenvalue weighted by atomic mass is 9.95. The van der Waals surface area contributed by atoms with Gasteiger partial charge in [-0.15, -0.1) is 11.3 Å². The smallest absolute Gasteiger partial charge is 0.336 e. The molecule has 0 atom stereocenters. The van der Waals surface area contributed by atoms with Crippen LogP contribution in [0.5, 0.6) is 0 Å². The second-order valence-corrected chi connectivity index (χ2v) is 7.94. The highest BCUT2D eigenvalue weighted by Crippen LogP contribution is 2.29. The summed E-state index contributed by atoms with van der Waals surface area (Å²) in [4.78, 5) is 10.8. The molecule has 1 aliphatic heterocycles. The van der Waals surface area contributed by atoms with Crippen LogP contribution in [-0.4, -0.2) is 47.6 Å². The van der Waals surface area contributed by atoms with Crippen molar-refractivity contribution in [2.45, 2.75) is 29.6 Å². The molecule has 106 valence electrons. The van der Waals surface area contributed by atoms with Gasteiger partial charge in [-0.25, -0.2) is 13.2 Å². The Labute approximate surface area is 115 Å². The number of sulfonamides is 1. The van der Waals surface area contributed by atoms with Gasteiger partial charge >= 0.3 is 5.97 Å². The molecule has 6 nitrogen and oxygen atoms in total. The van der Waals surface area contributed by atoms with Gasteiger partial charge in [-0.3, -0.25) is 0 Å². The molecule has 1 aliphatic rings. The summed E-state index contributed by atoms with van der Waals surface area (Å²) in [5.41, 5.74) is -0.846. The zero-order valence-electron chi connectivity index (χ0n) is 10.4. The van der Waals surface area contributed by atoms with Gasteiger partial charge in [0.15, 0.2) is 0 Å². The maximum atomic E-state index is 12.3. The summed E-state index contributed by atoms with van der Waals surface area (Å²) in [5, 5.41) is 19.9. The molecular formula is C11H15NO5S2. The van der Waals surface area contributed by atoms with Gasteiger partial charge in [-0.2, -0.15) is 4.31 Å². The fourth-order valence-electron chi connectivity index (χ4n) is 1.90. The predicted octanol–water partition coefficient (Wildman–Crippen LogP) is 0.982. The van der Waals surface area contributed by atoms with E-state index >= 15 is 0 Å². The zero-order chi connectivity index (χ0) is 14.3. The second kappa shape index (κ2) is 4.86. The van der Waals surface area contributed by atoms with Crippen molar-refractivity contribution >= 4 is 27.3 Å². The molecule has 8 heteroatoms. The van der Waals surface area contributed by atoms with Crippen LogP contribution >= 0.6 is 11.3 Å². The second-order valence-electron chi connectivity index (χ2n) is 4.86. The highest BCUT2D eigenvalue weighted by molar-refractivity contribution is 7.91. The third-order valence-corrected chi connectivity index (χ3v) is 6.53. The number of thiophene rings is 1. The highest BCUT2D eigenvalue weighted by Gasteiger charge is 2.34. The first kappa shape index (κ1) is 14.4. The fourth-order valence-corrected chi connectivity index (χ4v) is 4.65. The van der Waals surface area contributed by atoms with E-state index in [2.05, 4.69) is 0 Å². The Morgan fingerprint density at radius 3 is 2.47 bits per heavy atom. The fraction of sp³-hybridized carbons (Fsp3) is 0.545. The Morgan fingerprint density at radius 2 is 2.00 bits per heavy atom. The minimum atomic E-state index is -3.65. The maximum absolute atomic E-state index is 12.3. The zero-order valence-corrected chi connectivity index (χ0v) is 12.0. The van der Waals surface area contributed by atoms with Crippen molar-refractivity contribution in [1.82, 2.24) is 4.31 Å². The van der Waals surface area contributed by atoms with Gasteiger partial charge in [0.2, 0.25) is 0 Å². The molecule has 0 radical (unpaired) electrons. The molecule has 0 bridgehead atoms. The predicted molar refractivity (Wildman–Crippen MR) is 69.9 cm³/mol. The summed E-state index contributed by atoms with van der Waals surface area (Å²) in [6, 6.07) is 1.18. The number of aliphatic hydroxyl groups is 1. The molecule has 1 aromatic heterocycles. The van der Waals surface area contributed by atoms with E-state index < -0.39 is 21.6 Å². The Hall–Kier alpha value is -0.960. The van der Waals surface area contributed by atoms with Crippen LogP contribution in [0.15, 0.2) is 15.7 Å². The van der Waals surface area contributed by atoms with E-state index in [-0.39, 0.29) is 22.9 Å². The number of hydrogen-bond acceptors (Lipinski definition) is 5. The molecule has 2 N–H and O–H groups in total. The maximum Gasteiger partial charge on any atom is 0.336 e. The molecule has 0 unspecified atom stereocenters. The molecule has 1 saturated heterocycles. The summed E-state index contributed by atoms with van der Waals surface area (Å²) >= 11 is 0.905. The lowest BCUT2D eigenvalue weighted by molar-refractivity contribution is 0.0126. The van der Waals surface area contributed by atoms with E-state index in [0.29, 0.717) is 12.8 Å². The number of piperidine rings is 1. The molecule has 1 fully saturated rings. The molecule has 19 heavy (non-hydrogen) atoms. The van der Waals surface area contributed by atoms with Crippen LogP contribution in [-0.2, 0) is 10.0 Å². The van der Waals surface area contributed by atoms with Crippen LogP contribution in [0, 0.1) is 0 Å². The Bertz CT molecular complexity index is 580. The first-order valence-electron chi connectivity index (χ1n) is 5.77. The van der Waals surface area contributed by atoms with Crippen molar-refractivity contribution in [2.24, 2.45) is 0 Å². The van der Waals surface area contributed by atoms with Gasteiger partial charge in [0.1, 0.15) is 4.21 Å². The molecule has 2 heterocycles. The van der Waals surface area contributed by atoms with Crippen LogP contribution in [0.2, 0.25) is 0 Å². The topological polar surface area (TPSA) is 94.9 Å². The van der Waals surface area contributed by atoms with E-state index in [1.54, 1.807) is 6.92 Å². The quantitative estimate of drug-likeness (QED) is 0.868. The van der Waals surface area contributed by atoms with E-state index in [0.717, 1.165) is 11.3 Å². The number of aromatic carboxylic acids is 1. The Kier molecular flexibility index (Phi) is 3.69. The van der Waals surface area contributed by atoms with Gasteiger partial charge in [-0.1, -0.05) is 0 Å². The van der Waals surface area contributed by atoms with Gasteiger partial charge in [0.25, 0.3) is 10.0 Å². The monoisotopic (exact) mass is 305 g/mol. The van der Waals surface area contributed by atoms with E-state index in [9.17, 15) is 18.3 Å². The van der Waals surface area contributed by atoms with Crippen LogP contribution in [0.1, 0.15) is 30.1 Å². The number of nitrogens with zero attached hydrogens (tertiary/aromatic N) is 1. The summed E-state index contributed by atoms with van der Waals surface area (Å²) in [7, 11) is -3.65. The lowest BCUT2D eigenvalue weighted by Crippen LogP contribution is -2.44. The van der Waals surface area contributed by atoms with Crippen molar-refractivity contribution in [3.05, 3.63) is 17.0 Å². The van der Waals surface area contributed by atoms with Gasteiger partial charge in [0, 0.05) is 18.5 Å². The molecule has 1 aromatic rings. The number of carboxylic acid groups (broad SMARTS) is 1. The highest BCUT2D eigenvalue weighted by atomic mass is 32.2. The van der Waals surface area contributed by atoms with E-state index in [1.807, 2.05) is 0 Å². The van der Waals surface area contributed by atoms with Gasteiger partial charge in [-0.05, 0) is 25.8 Å². The molecule has 0 aliphatic carbocycles. The number of hydrogen-bond donors (Lipinski definition) is 2. The standard InChI is InChI=1S/C11H15NO5S2/c1-11(15)2-4-12(5-3-11)19(16,17)9-6-8(7-18-9)10(13)14/h6-7,15H,2-5H2,1H3,(H,13,14). The minimum absolute atomic E-state index is 0.0208. The Balaban J connectivity index is 2.20. The van der Waals surface area contributed by atoms with Crippen molar-refractivity contribution < 1.29 is 23.4 Å². The van der Waals surface area contributed by atoms with Crippen molar-refractivity contribution in [1.29, 1.82) is 0 Å². The molecule has 0 saturated carbocycles. The normalized spacial score (nSPS) is 20.3. The van der Waals surface area contributed by atoms with Crippen LogP contribution in [0.3, 0.4) is 0 Å². The Morgan fingerprint density at radius 1 is 1.42 bits per heavy atom. The SMILES string of the molecule is CC1(O)CCN(S(=O)(=O)c2cc(C(=O)O)cs2)CC1. The van der Waals surface area contributed by atoms with E-state index in [1.165, 1.54) is 15.8 Å². The molecular weight excluding hydrogens is 290 g/mol. The molecule has 0 spiro atoms. The summed E-state index contributed by atoms with van der Waals surface area (Å²) in [6.45, 7) is 2.18. The van der Waals surface area contributed by atoms with Crippen LogP contribution in [0.25, 0.3) is 0 Å². The molecule has 0 amide bonds. The number of carboxylic acids is 1. The van der Waals surface area contributed by atoms with Crippen molar-refractivity contribution in [3.8, 4) is 0 Å². The largest absolute Gasteiger partial charge is 0.478 e. The van der Waals surface area contributed by atoms with Crippen molar-refractivity contribution in [2.75, 3.05) is 13.1 Å². The third-order valence-electron chi connectivity index (χ3n) is 3.22.